The average Bonchev–Trinajstić information content (AvgIpc) is 2.64. The third-order valence-electron chi connectivity index (χ3n) is 3.60. The smallest absolute Gasteiger partial charge is 0.327 e. The fourth-order valence-electron chi connectivity index (χ4n) is 2.46. The Morgan fingerprint density at radius 3 is 2.76 bits per heavy atom. The molecule has 0 atom stereocenters. The summed E-state index contributed by atoms with van der Waals surface area (Å²) < 4.78 is 6.01. The Morgan fingerprint density at radius 2 is 2.00 bits per heavy atom. The molecule has 2 heterocycles. The lowest BCUT2D eigenvalue weighted by Crippen LogP contribution is -2.29. The fraction of sp³-hybridized carbons (Fsp3) is 0.222. The number of ether oxygens (including phenoxy) is 1. The second kappa shape index (κ2) is 7.57. The van der Waals surface area contributed by atoms with Crippen LogP contribution in [0.2, 0.25) is 0 Å². The maximum absolute atomic E-state index is 12.5. The second-order valence-electron chi connectivity index (χ2n) is 5.36. The minimum Gasteiger partial charge on any atom is -0.465 e. The van der Waals surface area contributed by atoms with Gasteiger partial charge in [-0.2, -0.15) is 0 Å². The van der Waals surface area contributed by atoms with Gasteiger partial charge in [-0.15, -0.1) is 5.10 Å². The van der Waals surface area contributed by atoms with Gasteiger partial charge in [0.15, 0.2) is 5.82 Å². The summed E-state index contributed by atoms with van der Waals surface area (Å²) in [4.78, 5) is 28.5. The van der Waals surface area contributed by atoms with Crippen LogP contribution in [0, 0.1) is 0 Å². The molecule has 0 aliphatic heterocycles. The molecule has 0 amide bonds. The van der Waals surface area contributed by atoms with Crippen LogP contribution in [0.1, 0.15) is 12.5 Å². The van der Waals surface area contributed by atoms with Crippen molar-refractivity contribution in [1.29, 1.82) is 0 Å². The predicted molar refractivity (Wildman–Crippen MR) is 94.2 cm³/mol. The van der Waals surface area contributed by atoms with E-state index >= 15 is 0 Å². The van der Waals surface area contributed by atoms with Crippen LogP contribution < -0.4 is 10.9 Å². The van der Waals surface area contributed by atoms with E-state index < -0.39 is 5.97 Å². The molecule has 0 saturated heterocycles. The molecule has 0 radical (unpaired) electrons. The first-order chi connectivity index (χ1) is 12.2. The first-order valence-electron chi connectivity index (χ1n) is 7.98. The average molecular weight is 338 g/mol. The Balaban J connectivity index is 1.96. The van der Waals surface area contributed by atoms with E-state index in [0.717, 1.165) is 10.2 Å². The highest BCUT2D eigenvalue weighted by atomic mass is 16.5. The summed E-state index contributed by atoms with van der Waals surface area (Å²) in [6.45, 7) is 2.25. The van der Waals surface area contributed by atoms with Gasteiger partial charge in [-0.3, -0.25) is 14.6 Å². The van der Waals surface area contributed by atoms with Gasteiger partial charge in [0.2, 0.25) is 0 Å². The predicted octanol–water partition coefficient (Wildman–Crippen LogP) is 1.97. The maximum atomic E-state index is 12.5. The first kappa shape index (κ1) is 16.6. The molecule has 1 aromatic carbocycles. The van der Waals surface area contributed by atoms with Crippen molar-refractivity contribution in [3.05, 3.63) is 64.6 Å². The minimum atomic E-state index is -0.505. The van der Waals surface area contributed by atoms with E-state index in [0.29, 0.717) is 23.3 Å². The lowest BCUT2D eigenvalue weighted by Gasteiger charge is -2.11. The van der Waals surface area contributed by atoms with Crippen molar-refractivity contribution >= 4 is 22.7 Å². The third kappa shape index (κ3) is 3.82. The molecule has 2 aromatic heterocycles. The number of benzene rings is 1. The largest absolute Gasteiger partial charge is 0.465 e. The third-order valence-corrected chi connectivity index (χ3v) is 3.60. The first-order valence-corrected chi connectivity index (χ1v) is 7.98. The lowest BCUT2D eigenvalue weighted by atomic mass is 10.2. The van der Waals surface area contributed by atoms with Crippen molar-refractivity contribution in [3.63, 3.8) is 0 Å². The van der Waals surface area contributed by atoms with Crippen molar-refractivity contribution < 1.29 is 9.53 Å². The highest BCUT2D eigenvalue weighted by Crippen LogP contribution is 2.16. The molecule has 0 aliphatic rings. The van der Waals surface area contributed by atoms with Gasteiger partial charge in [0.05, 0.1) is 12.0 Å². The van der Waals surface area contributed by atoms with Crippen molar-refractivity contribution in [1.82, 2.24) is 14.8 Å². The van der Waals surface area contributed by atoms with Gasteiger partial charge in [-0.25, -0.2) is 4.68 Å². The summed E-state index contributed by atoms with van der Waals surface area (Å²) in [6.07, 6.45) is 1.60. The number of hydrogen-bond acceptors (Lipinski definition) is 6. The summed E-state index contributed by atoms with van der Waals surface area (Å²) in [7, 11) is 0. The highest BCUT2D eigenvalue weighted by molar-refractivity contribution is 5.87. The summed E-state index contributed by atoms with van der Waals surface area (Å²) in [5.41, 5.74) is 1.17. The molecule has 0 unspecified atom stereocenters. The van der Waals surface area contributed by atoms with Crippen molar-refractivity contribution in [3.8, 4) is 0 Å². The molecule has 7 nitrogen and oxygen atoms in total. The van der Waals surface area contributed by atoms with E-state index in [4.69, 9.17) is 4.74 Å². The van der Waals surface area contributed by atoms with E-state index in [-0.39, 0.29) is 18.7 Å². The van der Waals surface area contributed by atoms with Gasteiger partial charge < -0.3 is 10.1 Å². The zero-order valence-corrected chi connectivity index (χ0v) is 13.8. The minimum absolute atomic E-state index is 0.239. The molecule has 1 N–H and O–H groups in total. The van der Waals surface area contributed by atoms with Gasteiger partial charge in [0.1, 0.15) is 12.1 Å². The topological polar surface area (TPSA) is 86.1 Å². The SMILES string of the molecule is CCOC(=O)Cn1nc(NCc2ccccc2)c2ncccc2c1=O. The number of hydrogen-bond donors (Lipinski definition) is 1. The van der Waals surface area contributed by atoms with Crippen LogP contribution in [0.4, 0.5) is 5.82 Å². The molecule has 0 bridgehead atoms. The summed E-state index contributed by atoms with van der Waals surface area (Å²) in [5, 5.41) is 7.86. The number of anilines is 1. The number of fused-ring (bicyclic) bond motifs is 1. The van der Waals surface area contributed by atoms with E-state index in [2.05, 4.69) is 15.4 Å². The van der Waals surface area contributed by atoms with Crippen LogP contribution in [0.3, 0.4) is 0 Å². The molecule has 0 saturated carbocycles. The number of carbonyl (C=O) groups excluding carboxylic acids is 1. The number of rotatable bonds is 6. The van der Waals surface area contributed by atoms with E-state index in [9.17, 15) is 9.59 Å². The van der Waals surface area contributed by atoms with Crippen LogP contribution in [0.15, 0.2) is 53.5 Å². The van der Waals surface area contributed by atoms with Gasteiger partial charge in [0, 0.05) is 12.7 Å². The monoisotopic (exact) mass is 338 g/mol. The van der Waals surface area contributed by atoms with Gasteiger partial charge in [0.25, 0.3) is 5.56 Å². The molecular formula is C18H18N4O3. The zero-order valence-electron chi connectivity index (χ0n) is 13.8. The Kier molecular flexibility index (Phi) is 5.03. The number of carbonyl (C=O) groups is 1. The molecule has 25 heavy (non-hydrogen) atoms. The zero-order chi connectivity index (χ0) is 17.6. The van der Waals surface area contributed by atoms with Crippen LogP contribution in [0.25, 0.3) is 10.9 Å². The van der Waals surface area contributed by atoms with Crippen molar-refractivity contribution in [2.45, 2.75) is 20.0 Å². The molecule has 128 valence electrons. The molecule has 7 heteroatoms. The number of pyridine rings is 1. The molecule has 0 spiro atoms. The molecule has 3 aromatic rings. The van der Waals surface area contributed by atoms with Gasteiger partial charge in [-0.1, -0.05) is 30.3 Å². The fourth-order valence-corrected chi connectivity index (χ4v) is 2.46. The van der Waals surface area contributed by atoms with Crippen molar-refractivity contribution in [2.24, 2.45) is 0 Å². The van der Waals surface area contributed by atoms with Crippen LogP contribution >= 0.6 is 0 Å². The summed E-state index contributed by atoms with van der Waals surface area (Å²) in [5.74, 6) is -0.0577. The van der Waals surface area contributed by atoms with Crippen LogP contribution in [-0.4, -0.2) is 27.3 Å². The van der Waals surface area contributed by atoms with E-state index in [1.54, 1.807) is 25.3 Å². The maximum Gasteiger partial charge on any atom is 0.327 e. The summed E-state index contributed by atoms with van der Waals surface area (Å²) >= 11 is 0. The number of nitrogens with one attached hydrogen (secondary N) is 1. The Labute approximate surface area is 144 Å². The standard InChI is InChI=1S/C18H18N4O3/c1-2-25-15(23)12-22-18(24)14-9-6-10-19-16(14)17(21-22)20-11-13-7-4-3-5-8-13/h3-10H,2,11-12H2,1H3,(H,20,21). The molecular weight excluding hydrogens is 320 g/mol. The molecule has 3 rings (SSSR count). The Hall–Kier alpha value is -3.22. The Bertz CT molecular complexity index is 938. The van der Waals surface area contributed by atoms with Crippen LogP contribution in [-0.2, 0) is 22.6 Å². The number of aromatic nitrogens is 3. The Morgan fingerprint density at radius 1 is 1.20 bits per heavy atom. The lowest BCUT2D eigenvalue weighted by molar-refractivity contribution is -0.144. The van der Waals surface area contributed by atoms with Crippen LogP contribution in [0.5, 0.6) is 0 Å². The normalized spacial score (nSPS) is 10.6. The van der Waals surface area contributed by atoms with Gasteiger partial charge in [-0.05, 0) is 24.6 Å². The highest BCUT2D eigenvalue weighted by Gasteiger charge is 2.14. The second-order valence-corrected chi connectivity index (χ2v) is 5.36. The number of nitrogens with zero attached hydrogens (tertiary/aromatic N) is 3. The van der Waals surface area contributed by atoms with Crippen molar-refractivity contribution in [2.75, 3.05) is 11.9 Å². The quantitative estimate of drug-likeness (QED) is 0.692. The van der Waals surface area contributed by atoms with E-state index in [1.165, 1.54) is 0 Å². The molecule has 0 aliphatic carbocycles. The summed E-state index contributed by atoms with van der Waals surface area (Å²) in [6, 6.07) is 13.2. The van der Waals surface area contributed by atoms with E-state index in [1.807, 2.05) is 30.3 Å². The number of esters is 1. The van der Waals surface area contributed by atoms with Gasteiger partial charge >= 0.3 is 5.97 Å². The molecule has 0 fully saturated rings.